The van der Waals surface area contributed by atoms with Gasteiger partial charge < -0.3 is 10.4 Å². The van der Waals surface area contributed by atoms with Crippen molar-refractivity contribution in [2.45, 2.75) is 26.2 Å². The number of rotatable bonds is 3. The summed E-state index contributed by atoms with van der Waals surface area (Å²) < 4.78 is 0. The molecule has 0 bridgehead atoms. The van der Waals surface area contributed by atoms with E-state index in [9.17, 15) is 9.59 Å². The smallest absolute Gasteiger partial charge is 0.306 e. The van der Waals surface area contributed by atoms with Crippen molar-refractivity contribution in [2.75, 3.05) is 5.32 Å². The number of carboxylic acids is 1. The van der Waals surface area contributed by atoms with E-state index in [4.69, 9.17) is 16.7 Å². The molecule has 102 valence electrons. The molecule has 1 amide bonds. The molecule has 1 aliphatic carbocycles. The molecule has 1 aromatic rings. The van der Waals surface area contributed by atoms with Gasteiger partial charge in [0.1, 0.15) is 0 Å². The molecule has 2 atom stereocenters. The lowest BCUT2D eigenvalue weighted by Gasteiger charge is -2.12. The average molecular weight is 282 g/mol. The fourth-order valence-corrected chi connectivity index (χ4v) is 2.58. The molecule has 0 radical (unpaired) electrons. The number of hydrogen-bond acceptors (Lipinski definition) is 2. The summed E-state index contributed by atoms with van der Waals surface area (Å²) in [5.74, 6) is -1.60. The largest absolute Gasteiger partial charge is 0.481 e. The number of benzene rings is 1. The summed E-state index contributed by atoms with van der Waals surface area (Å²) in [4.78, 5) is 23.0. The van der Waals surface area contributed by atoms with Crippen LogP contribution in [0.25, 0.3) is 0 Å². The van der Waals surface area contributed by atoms with Crippen molar-refractivity contribution in [3.63, 3.8) is 0 Å². The highest BCUT2D eigenvalue weighted by atomic mass is 35.5. The second kappa shape index (κ2) is 5.61. The van der Waals surface area contributed by atoms with Crippen LogP contribution in [-0.2, 0) is 9.59 Å². The fourth-order valence-electron chi connectivity index (χ4n) is 2.41. The van der Waals surface area contributed by atoms with E-state index >= 15 is 0 Å². The first-order valence-electron chi connectivity index (χ1n) is 6.27. The number of hydrogen-bond donors (Lipinski definition) is 2. The van der Waals surface area contributed by atoms with Gasteiger partial charge in [-0.2, -0.15) is 0 Å². The number of anilines is 1. The van der Waals surface area contributed by atoms with Gasteiger partial charge in [-0.3, -0.25) is 9.59 Å². The third kappa shape index (κ3) is 3.26. The molecule has 19 heavy (non-hydrogen) atoms. The number of aliphatic carboxylic acids is 1. The van der Waals surface area contributed by atoms with E-state index in [1.54, 1.807) is 6.07 Å². The van der Waals surface area contributed by atoms with Gasteiger partial charge in [0.05, 0.1) is 16.6 Å². The van der Waals surface area contributed by atoms with Crippen molar-refractivity contribution in [1.29, 1.82) is 0 Å². The maximum absolute atomic E-state index is 12.1. The Hall–Kier alpha value is -1.55. The molecule has 4 nitrogen and oxygen atoms in total. The number of amides is 1. The van der Waals surface area contributed by atoms with E-state index in [0.29, 0.717) is 30.0 Å². The molecule has 0 saturated heterocycles. The third-order valence-electron chi connectivity index (χ3n) is 3.53. The van der Waals surface area contributed by atoms with Crippen LogP contribution in [0.15, 0.2) is 18.2 Å². The van der Waals surface area contributed by atoms with Crippen molar-refractivity contribution in [3.8, 4) is 0 Å². The fraction of sp³-hybridized carbons (Fsp3) is 0.429. The monoisotopic (exact) mass is 281 g/mol. The van der Waals surface area contributed by atoms with Crippen LogP contribution in [0.1, 0.15) is 24.8 Å². The molecular formula is C14H16ClNO3. The van der Waals surface area contributed by atoms with Crippen LogP contribution in [0.2, 0.25) is 5.02 Å². The Morgan fingerprint density at radius 1 is 1.32 bits per heavy atom. The lowest BCUT2D eigenvalue weighted by molar-refractivity contribution is -0.141. The highest BCUT2D eigenvalue weighted by Crippen LogP contribution is 2.32. The molecule has 2 rings (SSSR count). The standard InChI is InChI=1S/C14H16ClNO3/c1-8-2-5-11(15)12(6-8)16-13(17)9-3-4-10(7-9)14(18)19/h2,5-6,9-10H,3-4,7H2,1H3,(H,16,17)(H,18,19)/t9-,10+/m1/s1. The predicted octanol–water partition coefficient (Wildman–Crippen LogP) is 3.09. The van der Waals surface area contributed by atoms with E-state index in [2.05, 4.69) is 5.32 Å². The van der Waals surface area contributed by atoms with Gasteiger partial charge in [0, 0.05) is 5.92 Å². The maximum Gasteiger partial charge on any atom is 0.306 e. The number of carbonyl (C=O) groups excluding carboxylic acids is 1. The maximum atomic E-state index is 12.1. The average Bonchev–Trinajstić information content (AvgIpc) is 2.83. The minimum atomic E-state index is -0.816. The topological polar surface area (TPSA) is 66.4 Å². The first kappa shape index (κ1) is 13.9. The molecule has 0 aliphatic heterocycles. The molecule has 1 aromatic carbocycles. The minimum absolute atomic E-state index is 0.142. The van der Waals surface area contributed by atoms with E-state index in [1.165, 1.54) is 0 Å². The summed E-state index contributed by atoms with van der Waals surface area (Å²) in [6.07, 6.45) is 1.59. The Bertz CT molecular complexity index is 515. The van der Waals surface area contributed by atoms with Gasteiger partial charge in [-0.05, 0) is 43.9 Å². The van der Waals surface area contributed by atoms with E-state index < -0.39 is 11.9 Å². The normalized spacial score (nSPS) is 22.2. The number of carbonyl (C=O) groups is 2. The van der Waals surface area contributed by atoms with Crippen LogP contribution in [-0.4, -0.2) is 17.0 Å². The Kier molecular flexibility index (Phi) is 4.10. The molecule has 1 fully saturated rings. The number of halogens is 1. The summed E-state index contributed by atoms with van der Waals surface area (Å²) in [6.45, 7) is 1.92. The summed E-state index contributed by atoms with van der Waals surface area (Å²) in [6, 6.07) is 5.42. The van der Waals surface area contributed by atoms with Crippen molar-refractivity contribution >= 4 is 29.2 Å². The zero-order valence-corrected chi connectivity index (χ0v) is 11.4. The first-order valence-corrected chi connectivity index (χ1v) is 6.65. The van der Waals surface area contributed by atoms with Crippen LogP contribution < -0.4 is 5.32 Å². The van der Waals surface area contributed by atoms with Gasteiger partial charge in [0.2, 0.25) is 5.91 Å². The summed E-state index contributed by atoms with van der Waals surface area (Å²) in [5, 5.41) is 12.2. The first-order chi connectivity index (χ1) is 8.97. The van der Waals surface area contributed by atoms with Gasteiger partial charge in [0.25, 0.3) is 0 Å². The van der Waals surface area contributed by atoms with E-state index in [0.717, 1.165) is 5.56 Å². The predicted molar refractivity (Wildman–Crippen MR) is 73.3 cm³/mol. The number of carboxylic acid groups (broad SMARTS) is 1. The minimum Gasteiger partial charge on any atom is -0.481 e. The molecule has 0 unspecified atom stereocenters. The summed E-state index contributed by atoms with van der Waals surface area (Å²) in [5.41, 5.74) is 1.60. The second-order valence-electron chi connectivity index (χ2n) is 5.02. The lowest BCUT2D eigenvalue weighted by atomic mass is 10.0. The molecule has 0 aromatic heterocycles. The highest BCUT2D eigenvalue weighted by Gasteiger charge is 2.33. The SMILES string of the molecule is Cc1ccc(Cl)c(NC(=O)[C@@H]2CC[C@H](C(=O)O)C2)c1. The van der Waals surface area contributed by atoms with Crippen LogP contribution in [0.5, 0.6) is 0 Å². The van der Waals surface area contributed by atoms with Crippen LogP contribution in [0.4, 0.5) is 5.69 Å². The Labute approximate surface area is 116 Å². The van der Waals surface area contributed by atoms with Gasteiger partial charge in [-0.1, -0.05) is 17.7 Å². The number of aryl methyl sites for hydroxylation is 1. The molecule has 0 heterocycles. The third-order valence-corrected chi connectivity index (χ3v) is 3.86. The van der Waals surface area contributed by atoms with E-state index in [1.807, 2.05) is 19.1 Å². The molecular weight excluding hydrogens is 266 g/mol. The van der Waals surface area contributed by atoms with Gasteiger partial charge in [-0.25, -0.2) is 0 Å². The zero-order valence-electron chi connectivity index (χ0n) is 10.6. The van der Waals surface area contributed by atoms with Gasteiger partial charge in [0.15, 0.2) is 0 Å². The van der Waals surface area contributed by atoms with Crippen molar-refractivity contribution in [1.82, 2.24) is 0 Å². The summed E-state index contributed by atoms with van der Waals surface area (Å²) >= 11 is 6.02. The quantitative estimate of drug-likeness (QED) is 0.895. The number of nitrogens with one attached hydrogen (secondary N) is 1. The Morgan fingerprint density at radius 3 is 2.63 bits per heavy atom. The molecule has 1 saturated carbocycles. The summed E-state index contributed by atoms with van der Waals surface area (Å²) in [7, 11) is 0. The molecule has 5 heteroatoms. The van der Waals surface area contributed by atoms with Crippen LogP contribution >= 0.6 is 11.6 Å². The van der Waals surface area contributed by atoms with Crippen molar-refractivity contribution in [2.24, 2.45) is 11.8 Å². The molecule has 1 aliphatic rings. The Morgan fingerprint density at radius 2 is 2.00 bits per heavy atom. The lowest BCUT2D eigenvalue weighted by Crippen LogP contribution is -2.21. The van der Waals surface area contributed by atoms with Gasteiger partial charge >= 0.3 is 5.97 Å². The van der Waals surface area contributed by atoms with Crippen molar-refractivity contribution in [3.05, 3.63) is 28.8 Å². The molecule has 0 spiro atoms. The van der Waals surface area contributed by atoms with E-state index in [-0.39, 0.29) is 11.8 Å². The van der Waals surface area contributed by atoms with Crippen LogP contribution in [0, 0.1) is 18.8 Å². The highest BCUT2D eigenvalue weighted by molar-refractivity contribution is 6.33. The zero-order chi connectivity index (χ0) is 14.0. The second-order valence-corrected chi connectivity index (χ2v) is 5.42. The van der Waals surface area contributed by atoms with Crippen molar-refractivity contribution < 1.29 is 14.7 Å². The van der Waals surface area contributed by atoms with Crippen LogP contribution in [0.3, 0.4) is 0 Å². The van der Waals surface area contributed by atoms with Gasteiger partial charge in [-0.15, -0.1) is 0 Å². The molecule has 2 N–H and O–H groups in total. The Balaban J connectivity index is 2.02.